The van der Waals surface area contributed by atoms with Crippen LogP contribution in [0.1, 0.15) is 12.5 Å². The molecule has 2 aliphatic heterocycles. The van der Waals surface area contributed by atoms with Gasteiger partial charge in [-0.25, -0.2) is 4.98 Å². The number of carbonyl (C=O) groups excluding carboxylic acids is 2. The molecule has 1 N–H and O–H groups in total. The largest absolute Gasteiger partial charge is 0.378 e. The first-order chi connectivity index (χ1) is 13.0. The van der Waals surface area contributed by atoms with E-state index in [1.54, 1.807) is 6.08 Å². The minimum atomic E-state index is -0.392. The van der Waals surface area contributed by atoms with Gasteiger partial charge >= 0.3 is 0 Å². The maximum Gasteiger partial charge on any atom is 0.274 e. The van der Waals surface area contributed by atoms with E-state index in [-0.39, 0.29) is 16.7 Å². The summed E-state index contributed by atoms with van der Waals surface area (Å²) in [6.45, 7) is 4.04. The summed E-state index contributed by atoms with van der Waals surface area (Å²) < 4.78 is 5.44. The molecular formula is C19H18N4O3S. The summed E-state index contributed by atoms with van der Waals surface area (Å²) in [5.41, 5.74) is 1.84. The fourth-order valence-corrected chi connectivity index (χ4v) is 3.59. The zero-order valence-electron chi connectivity index (χ0n) is 14.8. The van der Waals surface area contributed by atoms with E-state index < -0.39 is 5.91 Å². The minimum absolute atomic E-state index is 0.0976. The van der Waals surface area contributed by atoms with Crippen LogP contribution in [0.25, 0.3) is 17.0 Å². The summed E-state index contributed by atoms with van der Waals surface area (Å²) >= 11 is 5.11. The van der Waals surface area contributed by atoms with E-state index in [4.69, 9.17) is 21.9 Å². The summed E-state index contributed by atoms with van der Waals surface area (Å²) in [7, 11) is 0. The molecule has 7 nitrogen and oxygen atoms in total. The number of ether oxygens (including phenoxy) is 1. The van der Waals surface area contributed by atoms with Gasteiger partial charge in [0.2, 0.25) is 5.91 Å². The molecule has 27 heavy (non-hydrogen) atoms. The molecule has 0 radical (unpaired) electrons. The Bertz CT molecular complexity index is 982. The van der Waals surface area contributed by atoms with Crippen molar-refractivity contribution in [2.75, 3.05) is 31.2 Å². The molecule has 0 bridgehead atoms. The smallest absolute Gasteiger partial charge is 0.274 e. The number of hydrogen-bond acceptors (Lipinski definition) is 6. The Morgan fingerprint density at radius 1 is 1.30 bits per heavy atom. The second-order valence-electron chi connectivity index (χ2n) is 6.34. The van der Waals surface area contributed by atoms with Crippen LogP contribution >= 0.6 is 12.2 Å². The summed E-state index contributed by atoms with van der Waals surface area (Å²) in [4.78, 5) is 32.5. The Labute approximate surface area is 161 Å². The summed E-state index contributed by atoms with van der Waals surface area (Å²) in [6, 6.07) is 9.78. The van der Waals surface area contributed by atoms with Crippen LogP contribution in [0.2, 0.25) is 0 Å². The molecule has 138 valence electrons. The number of nitrogens with zero attached hydrogens (tertiary/aromatic N) is 3. The van der Waals surface area contributed by atoms with E-state index in [1.165, 1.54) is 11.8 Å². The average Bonchev–Trinajstić information content (AvgIpc) is 2.95. The summed E-state index contributed by atoms with van der Waals surface area (Å²) in [5.74, 6) is 0.0566. The molecule has 0 unspecified atom stereocenters. The van der Waals surface area contributed by atoms with Crippen LogP contribution in [0.5, 0.6) is 0 Å². The first-order valence-electron chi connectivity index (χ1n) is 8.65. The van der Waals surface area contributed by atoms with Gasteiger partial charge in [0.15, 0.2) is 5.11 Å². The number of benzene rings is 1. The Morgan fingerprint density at radius 2 is 2.04 bits per heavy atom. The van der Waals surface area contributed by atoms with Crippen molar-refractivity contribution >= 4 is 51.9 Å². The van der Waals surface area contributed by atoms with E-state index in [2.05, 4.69) is 10.2 Å². The van der Waals surface area contributed by atoms with Gasteiger partial charge in [-0.15, -0.1) is 0 Å². The van der Waals surface area contributed by atoms with Crippen LogP contribution in [0.3, 0.4) is 0 Å². The van der Waals surface area contributed by atoms with Gasteiger partial charge in [-0.3, -0.25) is 19.8 Å². The number of anilines is 1. The normalized spacial score (nSPS) is 19.1. The molecule has 0 saturated carbocycles. The molecule has 1 aromatic carbocycles. The van der Waals surface area contributed by atoms with Gasteiger partial charge in [0.1, 0.15) is 11.5 Å². The molecule has 2 saturated heterocycles. The molecule has 4 rings (SSSR count). The van der Waals surface area contributed by atoms with Crippen LogP contribution in [0.4, 0.5) is 5.82 Å². The summed E-state index contributed by atoms with van der Waals surface area (Å²) in [5, 5.41) is 3.58. The van der Waals surface area contributed by atoms with Crippen LogP contribution in [0.15, 0.2) is 36.0 Å². The molecule has 8 heteroatoms. The fourth-order valence-electron chi connectivity index (χ4n) is 3.27. The zero-order valence-corrected chi connectivity index (χ0v) is 15.6. The third kappa shape index (κ3) is 3.29. The van der Waals surface area contributed by atoms with Gasteiger partial charge in [-0.1, -0.05) is 18.2 Å². The number of thiocarbonyl (C=S) groups is 1. The van der Waals surface area contributed by atoms with Crippen molar-refractivity contribution < 1.29 is 14.3 Å². The van der Waals surface area contributed by atoms with Crippen molar-refractivity contribution in [2.45, 2.75) is 6.92 Å². The lowest BCUT2D eigenvalue weighted by atomic mass is 10.1. The molecular weight excluding hydrogens is 364 g/mol. The van der Waals surface area contributed by atoms with Gasteiger partial charge in [-0.2, -0.15) is 0 Å². The predicted molar refractivity (Wildman–Crippen MR) is 106 cm³/mol. The van der Waals surface area contributed by atoms with E-state index >= 15 is 0 Å². The number of hydrogen-bond donors (Lipinski definition) is 1. The third-order valence-corrected chi connectivity index (χ3v) is 4.83. The van der Waals surface area contributed by atoms with E-state index in [1.807, 2.05) is 30.3 Å². The van der Waals surface area contributed by atoms with Crippen molar-refractivity contribution in [3.8, 4) is 0 Å². The Balaban J connectivity index is 1.87. The number of carbonyl (C=O) groups is 2. The van der Waals surface area contributed by atoms with Gasteiger partial charge in [0, 0.05) is 31.0 Å². The number of pyridine rings is 1. The van der Waals surface area contributed by atoms with E-state index in [0.717, 1.165) is 22.3 Å². The summed E-state index contributed by atoms with van der Waals surface area (Å²) in [6.07, 6.45) is 1.68. The SMILES string of the molecule is CC(=O)N1C(=S)NC(=O)C1=Cc1cc2ccccc2nc1N1CCOCC1. The molecule has 2 aliphatic rings. The minimum Gasteiger partial charge on any atom is -0.378 e. The number of fused-ring (bicyclic) bond motifs is 1. The van der Waals surface area contributed by atoms with Gasteiger partial charge < -0.3 is 9.64 Å². The highest BCUT2D eigenvalue weighted by Gasteiger charge is 2.33. The first kappa shape index (κ1) is 17.6. The topological polar surface area (TPSA) is 74.8 Å². The average molecular weight is 382 g/mol. The van der Waals surface area contributed by atoms with Crippen molar-refractivity contribution in [1.82, 2.24) is 15.2 Å². The van der Waals surface area contributed by atoms with Crippen molar-refractivity contribution in [3.63, 3.8) is 0 Å². The molecule has 2 fully saturated rings. The van der Waals surface area contributed by atoms with Gasteiger partial charge in [-0.05, 0) is 30.4 Å². The maximum absolute atomic E-state index is 12.3. The molecule has 0 atom stereocenters. The van der Waals surface area contributed by atoms with Crippen molar-refractivity contribution in [2.24, 2.45) is 0 Å². The lowest BCUT2D eigenvalue weighted by Crippen LogP contribution is -2.37. The lowest BCUT2D eigenvalue weighted by Gasteiger charge is -2.29. The monoisotopic (exact) mass is 382 g/mol. The van der Waals surface area contributed by atoms with Crippen LogP contribution < -0.4 is 10.2 Å². The standard InChI is InChI=1S/C19H18N4O3S/c1-12(24)23-16(18(25)21-19(23)27)11-14-10-13-4-2-3-5-15(13)20-17(14)22-6-8-26-9-7-22/h2-5,10-11H,6-9H2,1H3,(H,21,25,27). The highest BCUT2D eigenvalue weighted by atomic mass is 32.1. The van der Waals surface area contributed by atoms with Crippen LogP contribution in [-0.2, 0) is 14.3 Å². The highest BCUT2D eigenvalue weighted by molar-refractivity contribution is 7.80. The number of amides is 2. The number of morpholine rings is 1. The zero-order chi connectivity index (χ0) is 19.0. The molecule has 2 amide bonds. The van der Waals surface area contributed by atoms with Crippen LogP contribution in [-0.4, -0.2) is 53.1 Å². The number of para-hydroxylation sites is 1. The predicted octanol–water partition coefficient (Wildman–Crippen LogP) is 1.68. The van der Waals surface area contributed by atoms with E-state index in [0.29, 0.717) is 26.3 Å². The molecule has 1 aromatic heterocycles. The first-order valence-corrected chi connectivity index (χ1v) is 9.05. The van der Waals surface area contributed by atoms with Gasteiger partial charge in [0.05, 0.1) is 18.7 Å². The Kier molecular flexibility index (Phi) is 4.59. The number of rotatable bonds is 2. The lowest BCUT2D eigenvalue weighted by molar-refractivity contribution is -0.125. The molecule has 3 heterocycles. The Hall–Kier alpha value is -2.84. The van der Waals surface area contributed by atoms with Crippen molar-refractivity contribution in [3.05, 3.63) is 41.6 Å². The number of aromatic nitrogens is 1. The molecule has 0 aliphatic carbocycles. The second kappa shape index (κ2) is 7.05. The third-order valence-electron chi connectivity index (χ3n) is 4.55. The highest BCUT2D eigenvalue weighted by Crippen LogP contribution is 2.28. The van der Waals surface area contributed by atoms with Crippen LogP contribution in [0, 0.1) is 0 Å². The molecule has 0 spiro atoms. The van der Waals surface area contributed by atoms with Gasteiger partial charge in [0.25, 0.3) is 5.91 Å². The van der Waals surface area contributed by atoms with Crippen molar-refractivity contribution in [1.29, 1.82) is 0 Å². The fraction of sp³-hybridized carbons (Fsp3) is 0.263. The maximum atomic E-state index is 12.3. The Morgan fingerprint density at radius 3 is 2.78 bits per heavy atom. The number of nitrogens with one attached hydrogen (secondary N) is 1. The quantitative estimate of drug-likeness (QED) is 0.629. The second-order valence-corrected chi connectivity index (χ2v) is 6.72. The molecule has 2 aromatic rings. The van der Waals surface area contributed by atoms with E-state index in [9.17, 15) is 9.59 Å².